The highest BCUT2D eigenvalue weighted by Crippen LogP contribution is 2.22. The number of benzene rings is 2. The highest BCUT2D eigenvalue weighted by atomic mass is 16.5. The molecule has 0 radical (unpaired) electrons. The van der Waals surface area contributed by atoms with Gasteiger partial charge in [0.25, 0.3) is 0 Å². The number of carbonyl (C=O) groups is 3. The molecule has 2 aromatic rings. The van der Waals surface area contributed by atoms with Gasteiger partial charge in [0.2, 0.25) is 11.8 Å². The van der Waals surface area contributed by atoms with Crippen molar-refractivity contribution in [2.45, 2.75) is 13.3 Å². The SMILES string of the molecule is COC(=O)c1ccccc1N(CCC(=O)Nc1cccc(C#N)c1)C(C)=O. The first-order valence-corrected chi connectivity index (χ1v) is 8.21. The Kier molecular flexibility index (Phi) is 6.67. The van der Waals surface area contributed by atoms with Crippen LogP contribution in [-0.4, -0.2) is 31.4 Å². The quantitative estimate of drug-likeness (QED) is 0.794. The molecular formula is C20H19N3O4. The van der Waals surface area contributed by atoms with Crippen LogP contribution in [0.25, 0.3) is 0 Å². The standard InChI is InChI=1S/C20H19N3O4/c1-14(24)23(18-9-4-3-8-17(18)20(26)27-2)11-10-19(25)22-16-7-5-6-15(12-16)13-21/h3-9,12H,10-11H2,1-2H3,(H,22,25). The van der Waals surface area contributed by atoms with Gasteiger partial charge in [0.05, 0.1) is 30.0 Å². The zero-order valence-corrected chi connectivity index (χ0v) is 15.1. The zero-order valence-electron chi connectivity index (χ0n) is 15.1. The van der Waals surface area contributed by atoms with Gasteiger partial charge in [0.1, 0.15) is 0 Å². The molecule has 0 aliphatic heterocycles. The van der Waals surface area contributed by atoms with E-state index in [1.54, 1.807) is 48.5 Å². The highest BCUT2D eigenvalue weighted by Gasteiger charge is 2.20. The van der Waals surface area contributed by atoms with Gasteiger partial charge in [-0.05, 0) is 30.3 Å². The van der Waals surface area contributed by atoms with E-state index >= 15 is 0 Å². The Bertz CT molecular complexity index is 902. The molecule has 0 saturated carbocycles. The van der Waals surface area contributed by atoms with E-state index in [-0.39, 0.29) is 30.3 Å². The lowest BCUT2D eigenvalue weighted by Gasteiger charge is -2.23. The minimum atomic E-state index is -0.561. The number of ether oxygens (including phenoxy) is 1. The summed E-state index contributed by atoms with van der Waals surface area (Å²) in [7, 11) is 1.26. The van der Waals surface area contributed by atoms with Crippen molar-refractivity contribution in [3.05, 3.63) is 59.7 Å². The van der Waals surface area contributed by atoms with Crippen LogP contribution in [0.15, 0.2) is 48.5 Å². The minimum Gasteiger partial charge on any atom is -0.465 e. The molecule has 0 bridgehead atoms. The number of rotatable bonds is 6. The smallest absolute Gasteiger partial charge is 0.339 e. The summed E-state index contributed by atoms with van der Waals surface area (Å²) >= 11 is 0. The lowest BCUT2D eigenvalue weighted by atomic mass is 10.1. The van der Waals surface area contributed by atoms with Crippen LogP contribution < -0.4 is 10.2 Å². The van der Waals surface area contributed by atoms with Gasteiger partial charge in [-0.2, -0.15) is 5.26 Å². The number of hydrogen-bond acceptors (Lipinski definition) is 5. The summed E-state index contributed by atoms with van der Waals surface area (Å²) < 4.78 is 4.75. The maximum atomic E-state index is 12.2. The molecule has 0 aliphatic carbocycles. The molecule has 0 spiro atoms. The van der Waals surface area contributed by atoms with E-state index in [0.717, 1.165) is 0 Å². The van der Waals surface area contributed by atoms with Crippen molar-refractivity contribution in [1.82, 2.24) is 0 Å². The summed E-state index contributed by atoms with van der Waals surface area (Å²) in [6, 6.07) is 15.1. The summed E-state index contributed by atoms with van der Waals surface area (Å²) in [5, 5.41) is 11.6. The molecule has 0 atom stereocenters. The highest BCUT2D eigenvalue weighted by molar-refractivity contribution is 6.02. The van der Waals surface area contributed by atoms with E-state index in [1.165, 1.54) is 18.9 Å². The Balaban J connectivity index is 2.11. The van der Waals surface area contributed by atoms with E-state index in [9.17, 15) is 14.4 Å². The maximum Gasteiger partial charge on any atom is 0.339 e. The number of nitriles is 1. The number of nitrogens with zero attached hydrogens (tertiary/aromatic N) is 2. The molecule has 7 heteroatoms. The fourth-order valence-electron chi connectivity index (χ4n) is 2.54. The van der Waals surface area contributed by atoms with Gasteiger partial charge in [-0.25, -0.2) is 4.79 Å². The van der Waals surface area contributed by atoms with Crippen molar-refractivity contribution in [3.63, 3.8) is 0 Å². The number of carbonyl (C=O) groups excluding carboxylic acids is 3. The van der Waals surface area contributed by atoms with Crippen molar-refractivity contribution < 1.29 is 19.1 Å². The van der Waals surface area contributed by atoms with Crippen LogP contribution in [0.4, 0.5) is 11.4 Å². The van der Waals surface area contributed by atoms with Gasteiger partial charge in [0.15, 0.2) is 0 Å². The summed E-state index contributed by atoms with van der Waals surface area (Å²) in [6.45, 7) is 1.45. The summed E-state index contributed by atoms with van der Waals surface area (Å²) in [4.78, 5) is 37.6. The number of esters is 1. The molecular weight excluding hydrogens is 346 g/mol. The van der Waals surface area contributed by atoms with Gasteiger partial charge >= 0.3 is 5.97 Å². The molecule has 138 valence electrons. The first-order chi connectivity index (χ1) is 13.0. The Morgan fingerprint density at radius 3 is 2.56 bits per heavy atom. The number of para-hydroxylation sites is 1. The second kappa shape index (κ2) is 9.15. The van der Waals surface area contributed by atoms with Gasteiger partial charge < -0.3 is 15.0 Å². The Morgan fingerprint density at radius 2 is 1.89 bits per heavy atom. The molecule has 2 amide bonds. The number of methoxy groups -OCH3 is 1. The third-order valence-electron chi connectivity index (χ3n) is 3.82. The summed E-state index contributed by atoms with van der Waals surface area (Å²) in [5.74, 6) is -1.17. The van der Waals surface area contributed by atoms with Crippen molar-refractivity contribution in [3.8, 4) is 6.07 Å². The van der Waals surface area contributed by atoms with Crippen LogP contribution in [-0.2, 0) is 14.3 Å². The first-order valence-electron chi connectivity index (χ1n) is 8.21. The number of amides is 2. The van der Waals surface area contributed by atoms with Crippen LogP contribution in [0.5, 0.6) is 0 Å². The van der Waals surface area contributed by atoms with E-state index in [4.69, 9.17) is 10.00 Å². The monoisotopic (exact) mass is 365 g/mol. The van der Waals surface area contributed by atoms with Crippen molar-refractivity contribution in [2.24, 2.45) is 0 Å². The fourth-order valence-corrected chi connectivity index (χ4v) is 2.54. The molecule has 0 unspecified atom stereocenters. The van der Waals surface area contributed by atoms with E-state index in [1.807, 2.05) is 6.07 Å². The second-order valence-electron chi connectivity index (χ2n) is 5.67. The Labute approximate surface area is 157 Å². The average Bonchev–Trinajstić information content (AvgIpc) is 2.67. The van der Waals surface area contributed by atoms with E-state index in [0.29, 0.717) is 16.9 Å². The van der Waals surface area contributed by atoms with Crippen molar-refractivity contribution in [2.75, 3.05) is 23.9 Å². The van der Waals surface area contributed by atoms with Crippen molar-refractivity contribution >= 4 is 29.2 Å². The largest absolute Gasteiger partial charge is 0.465 e. The number of anilines is 2. The zero-order chi connectivity index (χ0) is 19.8. The molecule has 2 aromatic carbocycles. The first kappa shape index (κ1) is 19.7. The van der Waals surface area contributed by atoms with E-state index < -0.39 is 5.97 Å². The lowest BCUT2D eigenvalue weighted by Crippen LogP contribution is -2.33. The Hall–Kier alpha value is -3.66. The summed E-state index contributed by atoms with van der Waals surface area (Å²) in [6.07, 6.45) is 0.0197. The second-order valence-corrected chi connectivity index (χ2v) is 5.67. The third-order valence-corrected chi connectivity index (χ3v) is 3.82. The normalized spacial score (nSPS) is 9.81. The minimum absolute atomic E-state index is 0.0197. The number of nitrogens with one attached hydrogen (secondary N) is 1. The number of hydrogen-bond donors (Lipinski definition) is 1. The van der Waals surface area contributed by atoms with Gasteiger partial charge in [0, 0.05) is 25.6 Å². The average molecular weight is 365 g/mol. The predicted octanol–water partition coefficient (Wildman–Crippen LogP) is 2.73. The van der Waals surface area contributed by atoms with Crippen LogP contribution in [0, 0.1) is 11.3 Å². The van der Waals surface area contributed by atoms with Gasteiger partial charge in [-0.15, -0.1) is 0 Å². The van der Waals surface area contributed by atoms with Crippen LogP contribution in [0.3, 0.4) is 0 Å². The predicted molar refractivity (Wildman–Crippen MR) is 100 cm³/mol. The molecule has 27 heavy (non-hydrogen) atoms. The van der Waals surface area contributed by atoms with Gasteiger partial charge in [-0.3, -0.25) is 9.59 Å². The Morgan fingerprint density at radius 1 is 1.15 bits per heavy atom. The van der Waals surface area contributed by atoms with Crippen LogP contribution >= 0.6 is 0 Å². The van der Waals surface area contributed by atoms with E-state index in [2.05, 4.69) is 5.32 Å². The summed E-state index contributed by atoms with van der Waals surface area (Å²) in [5.41, 5.74) is 1.57. The van der Waals surface area contributed by atoms with Crippen LogP contribution in [0.2, 0.25) is 0 Å². The van der Waals surface area contributed by atoms with Gasteiger partial charge in [-0.1, -0.05) is 18.2 Å². The van der Waals surface area contributed by atoms with Crippen LogP contribution in [0.1, 0.15) is 29.3 Å². The molecule has 0 aromatic heterocycles. The fraction of sp³-hybridized carbons (Fsp3) is 0.200. The lowest BCUT2D eigenvalue weighted by molar-refractivity contribution is -0.117. The maximum absolute atomic E-state index is 12.2. The molecule has 1 N–H and O–H groups in total. The van der Waals surface area contributed by atoms with Crippen molar-refractivity contribution in [1.29, 1.82) is 5.26 Å². The molecule has 0 fully saturated rings. The topological polar surface area (TPSA) is 99.5 Å². The molecule has 0 heterocycles. The molecule has 0 saturated heterocycles. The molecule has 0 aliphatic rings. The molecule has 2 rings (SSSR count). The molecule has 7 nitrogen and oxygen atoms in total. The third kappa shape index (κ3) is 5.16.